The van der Waals surface area contributed by atoms with Gasteiger partial charge in [0, 0.05) is 11.4 Å². The summed E-state index contributed by atoms with van der Waals surface area (Å²) in [5, 5.41) is 6.94. The second kappa shape index (κ2) is 13.7. The molecule has 1 saturated heterocycles. The van der Waals surface area contributed by atoms with Gasteiger partial charge in [0.15, 0.2) is 22.4 Å². The average Bonchev–Trinajstić information content (AvgIpc) is 3.21. The zero-order valence-corrected chi connectivity index (χ0v) is 25.0. The summed E-state index contributed by atoms with van der Waals surface area (Å²) in [5.74, 6) is -0.102. The number of ether oxygens (including phenoxy) is 2. The number of hydrazine groups is 1. The van der Waals surface area contributed by atoms with Crippen LogP contribution in [0.5, 0.6) is 11.5 Å². The summed E-state index contributed by atoms with van der Waals surface area (Å²) in [4.78, 5) is 38.0. The molecule has 9 nitrogen and oxygen atoms in total. The number of thiocarbonyl (C=S) groups is 1. The number of carbonyl (C=O) groups excluding carboxylic acids is 3. The number of halogens is 2. The molecule has 3 aromatic rings. The van der Waals surface area contributed by atoms with Crippen molar-refractivity contribution < 1.29 is 23.9 Å². The molecule has 1 heterocycles. The van der Waals surface area contributed by atoms with E-state index in [9.17, 15) is 14.4 Å². The number of anilines is 2. The highest BCUT2D eigenvalue weighted by molar-refractivity contribution is 8.26. The Morgan fingerprint density at radius 3 is 2.39 bits per heavy atom. The average molecular weight is 632 g/mol. The van der Waals surface area contributed by atoms with E-state index >= 15 is 0 Å². The monoisotopic (exact) mass is 630 g/mol. The maximum atomic E-state index is 13.0. The number of rotatable bonds is 9. The van der Waals surface area contributed by atoms with Crippen LogP contribution in [0.1, 0.15) is 18.1 Å². The van der Waals surface area contributed by atoms with E-state index in [1.807, 2.05) is 24.3 Å². The topological polar surface area (TPSA) is 109 Å². The fourth-order valence-electron chi connectivity index (χ4n) is 3.61. The Balaban J connectivity index is 1.36. The van der Waals surface area contributed by atoms with E-state index in [2.05, 4.69) is 23.0 Å². The molecule has 41 heavy (non-hydrogen) atoms. The quantitative estimate of drug-likeness (QED) is 0.182. The predicted molar refractivity (Wildman–Crippen MR) is 167 cm³/mol. The summed E-state index contributed by atoms with van der Waals surface area (Å²) >= 11 is 18.2. The van der Waals surface area contributed by atoms with Gasteiger partial charge in [0.2, 0.25) is 0 Å². The van der Waals surface area contributed by atoms with E-state index in [-0.39, 0.29) is 26.8 Å². The molecule has 0 bridgehead atoms. The van der Waals surface area contributed by atoms with Crippen molar-refractivity contribution in [3.05, 3.63) is 86.7 Å². The number of thioether (sulfide) groups is 1. The Morgan fingerprint density at radius 2 is 1.71 bits per heavy atom. The lowest BCUT2D eigenvalue weighted by molar-refractivity contribution is -0.123. The minimum absolute atomic E-state index is 0.146. The first-order valence-electron chi connectivity index (χ1n) is 12.2. The molecule has 0 spiro atoms. The first-order valence-corrected chi connectivity index (χ1v) is 14.1. The maximum absolute atomic E-state index is 13.0. The van der Waals surface area contributed by atoms with Gasteiger partial charge in [0.05, 0.1) is 22.1 Å². The van der Waals surface area contributed by atoms with E-state index in [1.54, 1.807) is 30.3 Å². The molecule has 0 aliphatic carbocycles. The molecule has 3 aromatic carbocycles. The fourth-order valence-corrected chi connectivity index (χ4v) is 5.08. The lowest BCUT2D eigenvalue weighted by Gasteiger charge is -2.16. The van der Waals surface area contributed by atoms with Crippen molar-refractivity contribution in [2.45, 2.75) is 13.3 Å². The van der Waals surface area contributed by atoms with Crippen molar-refractivity contribution in [2.75, 3.05) is 24.4 Å². The van der Waals surface area contributed by atoms with Crippen LogP contribution in [0.15, 0.2) is 65.6 Å². The number of urea groups is 1. The third-order valence-electron chi connectivity index (χ3n) is 5.67. The maximum Gasteiger partial charge on any atom is 0.338 e. The highest BCUT2D eigenvalue weighted by Gasteiger charge is 2.33. The summed E-state index contributed by atoms with van der Waals surface area (Å²) in [6, 6.07) is 16.5. The van der Waals surface area contributed by atoms with Crippen LogP contribution < -0.4 is 25.5 Å². The second-order valence-electron chi connectivity index (χ2n) is 8.51. The Labute approximate surface area is 256 Å². The number of amides is 4. The minimum atomic E-state index is -0.689. The fraction of sp³-hybridized carbons (Fsp3) is 0.143. The van der Waals surface area contributed by atoms with Gasteiger partial charge >= 0.3 is 6.03 Å². The predicted octanol–water partition coefficient (Wildman–Crippen LogP) is 6.52. The SMILES string of the molecule is CCc1ccc(NC(=O)COc2ccc(/C=C3\SC(=S)N(NC(=O)Nc4ccc(Cl)c(Cl)c4)C3=O)cc2OC)cc1. The molecule has 1 aliphatic rings. The van der Waals surface area contributed by atoms with Gasteiger partial charge in [-0.1, -0.05) is 60.1 Å². The van der Waals surface area contributed by atoms with Crippen molar-refractivity contribution in [1.82, 2.24) is 10.4 Å². The zero-order valence-electron chi connectivity index (χ0n) is 21.8. The van der Waals surface area contributed by atoms with Crippen LogP contribution in [-0.4, -0.2) is 40.9 Å². The molecule has 0 atom stereocenters. The summed E-state index contributed by atoms with van der Waals surface area (Å²) in [5.41, 5.74) is 5.29. The highest BCUT2D eigenvalue weighted by Crippen LogP contribution is 2.34. The van der Waals surface area contributed by atoms with Crippen molar-refractivity contribution in [2.24, 2.45) is 0 Å². The summed E-state index contributed by atoms with van der Waals surface area (Å²) in [6.07, 6.45) is 2.52. The molecule has 1 aliphatic heterocycles. The molecule has 212 valence electrons. The van der Waals surface area contributed by atoms with Gasteiger partial charge in [0.25, 0.3) is 11.8 Å². The van der Waals surface area contributed by atoms with Crippen LogP contribution >= 0.6 is 47.2 Å². The summed E-state index contributed by atoms with van der Waals surface area (Å²) < 4.78 is 11.2. The Morgan fingerprint density at radius 1 is 0.976 bits per heavy atom. The van der Waals surface area contributed by atoms with Crippen molar-refractivity contribution in [3.8, 4) is 11.5 Å². The number of methoxy groups -OCH3 is 1. The van der Waals surface area contributed by atoms with Crippen molar-refractivity contribution in [3.63, 3.8) is 0 Å². The van der Waals surface area contributed by atoms with Crippen LogP contribution in [0.3, 0.4) is 0 Å². The number of carbonyl (C=O) groups is 3. The molecule has 0 saturated carbocycles. The number of nitrogens with zero attached hydrogens (tertiary/aromatic N) is 1. The Bertz CT molecular complexity index is 1530. The number of nitrogens with one attached hydrogen (secondary N) is 3. The molecule has 0 radical (unpaired) electrons. The summed E-state index contributed by atoms with van der Waals surface area (Å²) in [6.45, 7) is 1.84. The largest absolute Gasteiger partial charge is 0.493 e. The lowest BCUT2D eigenvalue weighted by Crippen LogP contribution is -2.46. The van der Waals surface area contributed by atoms with Gasteiger partial charge < -0.3 is 20.1 Å². The normalized spacial score (nSPS) is 13.8. The number of aryl methyl sites for hydroxylation is 1. The third kappa shape index (κ3) is 7.92. The van der Waals surface area contributed by atoms with Gasteiger partial charge in [-0.15, -0.1) is 0 Å². The first-order chi connectivity index (χ1) is 19.7. The van der Waals surface area contributed by atoms with Gasteiger partial charge in [0.1, 0.15) is 0 Å². The molecule has 13 heteroatoms. The molecule has 0 aromatic heterocycles. The van der Waals surface area contributed by atoms with Crippen molar-refractivity contribution >= 4 is 86.8 Å². The van der Waals surface area contributed by atoms with E-state index in [1.165, 1.54) is 24.8 Å². The van der Waals surface area contributed by atoms with Crippen LogP contribution in [0.4, 0.5) is 16.2 Å². The van der Waals surface area contributed by atoms with E-state index < -0.39 is 11.9 Å². The van der Waals surface area contributed by atoms with Gasteiger partial charge in [-0.25, -0.2) is 10.2 Å². The highest BCUT2D eigenvalue weighted by atomic mass is 35.5. The van der Waals surface area contributed by atoms with Gasteiger partial charge in [-0.3, -0.25) is 9.59 Å². The van der Waals surface area contributed by atoms with Crippen LogP contribution in [0.25, 0.3) is 6.08 Å². The molecule has 4 rings (SSSR count). The molecule has 3 N–H and O–H groups in total. The van der Waals surface area contributed by atoms with Crippen LogP contribution in [0.2, 0.25) is 10.0 Å². The Kier molecular flexibility index (Phi) is 10.1. The minimum Gasteiger partial charge on any atom is -0.493 e. The molecule has 4 amide bonds. The molecule has 1 fully saturated rings. The standard InChI is InChI=1S/C28H24Cl2N4O5S2/c1-3-16-4-7-18(8-5-16)31-25(35)15-39-22-11-6-17(12-23(22)38-2)13-24-26(36)34(28(40)41-24)33-27(37)32-19-9-10-20(29)21(30)14-19/h4-14H,3,15H2,1-2H3,(H,31,35)(H2,32,33,37)/b24-13-. The van der Waals surface area contributed by atoms with Crippen LogP contribution in [0, 0.1) is 0 Å². The van der Waals surface area contributed by atoms with E-state index in [4.69, 9.17) is 44.9 Å². The van der Waals surface area contributed by atoms with Crippen molar-refractivity contribution in [1.29, 1.82) is 0 Å². The Hall–Kier alpha value is -3.77. The number of hydrogen-bond acceptors (Lipinski definition) is 7. The second-order valence-corrected chi connectivity index (χ2v) is 11.0. The van der Waals surface area contributed by atoms with E-state index in [0.717, 1.165) is 23.2 Å². The first kappa shape index (κ1) is 30.2. The van der Waals surface area contributed by atoms with E-state index in [0.29, 0.717) is 33.5 Å². The third-order valence-corrected chi connectivity index (χ3v) is 7.72. The van der Waals surface area contributed by atoms with Gasteiger partial charge in [-0.2, -0.15) is 5.01 Å². The molecule has 0 unspecified atom stereocenters. The lowest BCUT2D eigenvalue weighted by atomic mass is 10.1. The molecular formula is C28H24Cl2N4O5S2. The smallest absolute Gasteiger partial charge is 0.338 e. The molecular weight excluding hydrogens is 607 g/mol. The zero-order chi connectivity index (χ0) is 29.5. The number of hydrogen-bond donors (Lipinski definition) is 3. The van der Waals surface area contributed by atoms with Gasteiger partial charge in [-0.05, 0) is 78.3 Å². The van der Waals surface area contributed by atoms with Crippen LogP contribution in [-0.2, 0) is 16.0 Å². The number of benzene rings is 3. The summed E-state index contributed by atoms with van der Waals surface area (Å²) in [7, 11) is 1.47.